The number of carboxylic acid groups (broad SMARTS) is 1. The van der Waals surface area contributed by atoms with Crippen LogP contribution in [0.25, 0.3) is 0 Å². The Morgan fingerprint density at radius 3 is 2.81 bits per heavy atom. The molecule has 5 heteroatoms. The van der Waals surface area contributed by atoms with E-state index >= 15 is 0 Å². The molecule has 0 saturated carbocycles. The van der Waals surface area contributed by atoms with E-state index in [1.165, 1.54) is 6.07 Å². The number of hydrogen-bond donors (Lipinski definition) is 3. The minimum absolute atomic E-state index is 0.112. The Morgan fingerprint density at radius 1 is 1.56 bits per heavy atom. The van der Waals surface area contributed by atoms with Gasteiger partial charge < -0.3 is 15.5 Å². The Kier molecular flexibility index (Phi) is 4.58. The van der Waals surface area contributed by atoms with Gasteiger partial charge in [0.15, 0.2) is 0 Å². The molecule has 0 fully saturated rings. The number of aliphatic hydroxyl groups excluding tert-OH is 1. The van der Waals surface area contributed by atoms with E-state index in [0.29, 0.717) is 5.69 Å². The largest absolute Gasteiger partial charge is 0.478 e. The Bertz CT molecular complexity index is 381. The van der Waals surface area contributed by atoms with Crippen molar-refractivity contribution in [3.8, 4) is 0 Å². The van der Waals surface area contributed by atoms with Crippen molar-refractivity contribution in [3.63, 3.8) is 0 Å². The molecule has 0 saturated heterocycles. The van der Waals surface area contributed by atoms with Gasteiger partial charge in [0.25, 0.3) is 0 Å². The van der Waals surface area contributed by atoms with Crippen LogP contribution in [0.1, 0.15) is 15.9 Å². The molecular formula is C11H14ClNO3. The van der Waals surface area contributed by atoms with Crippen molar-refractivity contribution in [3.05, 3.63) is 29.3 Å². The highest BCUT2D eigenvalue weighted by Crippen LogP contribution is 2.17. The summed E-state index contributed by atoms with van der Waals surface area (Å²) in [5.41, 5.74) is 1.64. The number of aromatic carboxylic acids is 1. The van der Waals surface area contributed by atoms with Gasteiger partial charge in [0.05, 0.1) is 17.5 Å². The number of aryl methyl sites for hydroxylation is 1. The summed E-state index contributed by atoms with van der Waals surface area (Å²) in [4.78, 5) is 10.9. The van der Waals surface area contributed by atoms with Gasteiger partial charge in [-0.05, 0) is 24.6 Å². The maximum Gasteiger partial charge on any atom is 0.337 e. The maximum absolute atomic E-state index is 10.9. The van der Waals surface area contributed by atoms with E-state index in [2.05, 4.69) is 5.32 Å². The summed E-state index contributed by atoms with van der Waals surface area (Å²) in [6, 6.07) is 4.99. The fourth-order valence-electron chi connectivity index (χ4n) is 1.27. The van der Waals surface area contributed by atoms with Crippen LogP contribution in [0, 0.1) is 6.92 Å². The van der Waals surface area contributed by atoms with Gasteiger partial charge in [-0.1, -0.05) is 6.07 Å². The zero-order valence-electron chi connectivity index (χ0n) is 8.90. The SMILES string of the molecule is Cc1ccc(C(=O)O)c(NCC(O)CCl)c1. The highest BCUT2D eigenvalue weighted by molar-refractivity contribution is 6.18. The van der Waals surface area contributed by atoms with Crippen molar-refractivity contribution in [1.82, 2.24) is 0 Å². The number of aliphatic hydroxyl groups is 1. The second-order valence-electron chi connectivity index (χ2n) is 3.54. The highest BCUT2D eigenvalue weighted by atomic mass is 35.5. The lowest BCUT2D eigenvalue weighted by Crippen LogP contribution is -2.21. The van der Waals surface area contributed by atoms with Gasteiger partial charge in [-0.2, -0.15) is 0 Å². The third-order valence-electron chi connectivity index (χ3n) is 2.11. The summed E-state index contributed by atoms with van der Waals surface area (Å²) in [5.74, 6) is -0.885. The quantitative estimate of drug-likeness (QED) is 0.689. The van der Waals surface area contributed by atoms with Crippen LogP contribution >= 0.6 is 11.6 Å². The molecule has 1 unspecified atom stereocenters. The molecule has 0 aliphatic heterocycles. The van der Waals surface area contributed by atoms with Crippen molar-refractivity contribution in [1.29, 1.82) is 0 Å². The van der Waals surface area contributed by atoms with Crippen LogP contribution in [0.4, 0.5) is 5.69 Å². The molecule has 3 N–H and O–H groups in total. The molecule has 0 spiro atoms. The smallest absolute Gasteiger partial charge is 0.337 e. The van der Waals surface area contributed by atoms with Crippen LogP contribution in [0.3, 0.4) is 0 Å². The Morgan fingerprint density at radius 2 is 2.25 bits per heavy atom. The third kappa shape index (κ3) is 3.40. The average molecular weight is 244 g/mol. The molecule has 0 aliphatic carbocycles. The van der Waals surface area contributed by atoms with E-state index in [-0.39, 0.29) is 18.0 Å². The lowest BCUT2D eigenvalue weighted by molar-refractivity contribution is 0.0697. The van der Waals surface area contributed by atoms with Crippen molar-refractivity contribution in [2.75, 3.05) is 17.7 Å². The van der Waals surface area contributed by atoms with Crippen LogP contribution in [0.2, 0.25) is 0 Å². The molecule has 0 amide bonds. The predicted octanol–water partition coefficient (Wildman–Crippen LogP) is 1.70. The predicted molar refractivity (Wildman–Crippen MR) is 63.4 cm³/mol. The fraction of sp³-hybridized carbons (Fsp3) is 0.364. The number of benzene rings is 1. The summed E-state index contributed by atoms with van der Waals surface area (Å²) in [7, 11) is 0. The van der Waals surface area contributed by atoms with Gasteiger partial charge in [-0.15, -0.1) is 11.6 Å². The van der Waals surface area contributed by atoms with Crippen molar-refractivity contribution in [2.45, 2.75) is 13.0 Å². The molecule has 0 aromatic heterocycles. The summed E-state index contributed by atoms with van der Waals surface area (Å²) in [5, 5.41) is 21.1. The van der Waals surface area contributed by atoms with Gasteiger partial charge >= 0.3 is 5.97 Å². The highest BCUT2D eigenvalue weighted by Gasteiger charge is 2.10. The molecule has 1 aromatic carbocycles. The van der Waals surface area contributed by atoms with E-state index in [0.717, 1.165) is 5.56 Å². The van der Waals surface area contributed by atoms with Gasteiger partial charge in [0.1, 0.15) is 0 Å². The summed E-state index contributed by atoms with van der Waals surface area (Å²) < 4.78 is 0. The van der Waals surface area contributed by atoms with E-state index in [1.54, 1.807) is 12.1 Å². The van der Waals surface area contributed by atoms with Gasteiger partial charge in [0, 0.05) is 12.2 Å². The van der Waals surface area contributed by atoms with Crippen LogP contribution in [-0.4, -0.2) is 34.7 Å². The van der Waals surface area contributed by atoms with Crippen LogP contribution in [-0.2, 0) is 0 Å². The summed E-state index contributed by atoms with van der Waals surface area (Å²) in [6.45, 7) is 2.10. The Labute approximate surface area is 98.9 Å². The summed E-state index contributed by atoms with van der Waals surface area (Å²) >= 11 is 5.45. The number of anilines is 1. The zero-order chi connectivity index (χ0) is 12.1. The molecule has 16 heavy (non-hydrogen) atoms. The first-order valence-corrected chi connectivity index (χ1v) is 5.40. The van der Waals surface area contributed by atoms with E-state index in [9.17, 15) is 9.90 Å². The van der Waals surface area contributed by atoms with Crippen LogP contribution in [0.5, 0.6) is 0 Å². The molecule has 1 rings (SSSR count). The second kappa shape index (κ2) is 5.72. The molecule has 4 nitrogen and oxygen atoms in total. The number of carboxylic acids is 1. The molecule has 0 aliphatic rings. The van der Waals surface area contributed by atoms with Gasteiger partial charge in [0.2, 0.25) is 0 Å². The normalized spacial score (nSPS) is 12.2. The van der Waals surface area contributed by atoms with Crippen molar-refractivity contribution < 1.29 is 15.0 Å². The van der Waals surface area contributed by atoms with Gasteiger partial charge in [-0.3, -0.25) is 0 Å². The number of hydrogen-bond acceptors (Lipinski definition) is 3. The first-order valence-electron chi connectivity index (χ1n) is 4.86. The maximum atomic E-state index is 10.9. The molecule has 88 valence electrons. The average Bonchev–Trinajstić information content (AvgIpc) is 2.25. The van der Waals surface area contributed by atoms with E-state index in [1.807, 2.05) is 6.92 Å². The molecule has 0 heterocycles. The Balaban J connectivity index is 2.84. The van der Waals surface area contributed by atoms with Crippen LogP contribution < -0.4 is 5.32 Å². The minimum Gasteiger partial charge on any atom is -0.478 e. The lowest BCUT2D eigenvalue weighted by atomic mass is 10.1. The van der Waals surface area contributed by atoms with Crippen molar-refractivity contribution >= 4 is 23.3 Å². The molecule has 1 atom stereocenters. The van der Waals surface area contributed by atoms with E-state index in [4.69, 9.17) is 16.7 Å². The number of rotatable bonds is 5. The van der Waals surface area contributed by atoms with Gasteiger partial charge in [-0.25, -0.2) is 4.79 Å². The monoisotopic (exact) mass is 243 g/mol. The first-order chi connectivity index (χ1) is 7.54. The number of carbonyl (C=O) groups is 1. The minimum atomic E-state index is -0.997. The zero-order valence-corrected chi connectivity index (χ0v) is 9.66. The molecule has 0 radical (unpaired) electrons. The number of nitrogens with one attached hydrogen (secondary N) is 1. The molecular weight excluding hydrogens is 230 g/mol. The fourth-order valence-corrected chi connectivity index (χ4v) is 1.38. The van der Waals surface area contributed by atoms with Crippen LogP contribution in [0.15, 0.2) is 18.2 Å². The third-order valence-corrected chi connectivity index (χ3v) is 2.47. The van der Waals surface area contributed by atoms with E-state index < -0.39 is 12.1 Å². The standard InChI is InChI=1S/C11H14ClNO3/c1-7-2-3-9(11(15)16)10(4-7)13-6-8(14)5-12/h2-4,8,13-14H,5-6H2,1H3,(H,15,16). The van der Waals surface area contributed by atoms with Crippen molar-refractivity contribution in [2.24, 2.45) is 0 Å². The molecule has 1 aromatic rings. The number of alkyl halides is 1. The Hall–Kier alpha value is -1.26. The second-order valence-corrected chi connectivity index (χ2v) is 3.85. The number of halogens is 1. The molecule has 0 bridgehead atoms. The summed E-state index contributed by atoms with van der Waals surface area (Å²) in [6.07, 6.45) is -0.691. The lowest BCUT2D eigenvalue weighted by Gasteiger charge is -2.12. The first kappa shape index (κ1) is 12.8. The topological polar surface area (TPSA) is 69.6 Å².